The number of amides is 1. The van der Waals surface area contributed by atoms with Gasteiger partial charge in [0.05, 0.1) is 18.9 Å². The van der Waals surface area contributed by atoms with Gasteiger partial charge in [-0.2, -0.15) is 0 Å². The van der Waals surface area contributed by atoms with Crippen molar-refractivity contribution >= 4 is 17.7 Å². The molecule has 0 saturated carbocycles. The number of rotatable bonds is 8. The van der Waals surface area contributed by atoms with Gasteiger partial charge in [0.15, 0.2) is 22.5 Å². The molecule has 1 aromatic heterocycles. The Kier molecular flexibility index (Phi) is 6.94. The lowest BCUT2D eigenvalue weighted by molar-refractivity contribution is -0.129. The fraction of sp³-hybridized carbons (Fsp3) is 0.346. The SMILES string of the molecule is C=CCn1c(SCC(=O)N2CCCC2c2ccc3c(c2)OCCO3)nnc1-c1ccc(OC)cc1. The highest BCUT2D eigenvalue weighted by atomic mass is 32.2. The van der Waals surface area contributed by atoms with Crippen LogP contribution in [0.2, 0.25) is 0 Å². The number of carbonyl (C=O) groups is 1. The van der Waals surface area contributed by atoms with Crippen LogP contribution in [0.25, 0.3) is 11.4 Å². The Morgan fingerprint density at radius 1 is 1.17 bits per heavy atom. The number of likely N-dealkylation sites (tertiary alicyclic amines) is 1. The van der Waals surface area contributed by atoms with Crippen LogP contribution >= 0.6 is 11.8 Å². The van der Waals surface area contributed by atoms with Crippen molar-refractivity contribution in [3.05, 3.63) is 60.7 Å². The number of aromatic nitrogens is 3. The van der Waals surface area contributed by atoms with E-state index in [4.69, 9.17) is 14.2 Å². The van der Waals surface area contributed by atoms with Crippen molar-refractivity contribution in [2.24, 2.45) is 0 Å². The van der Waals surface area contributed by atoms with E-state index >= 15 is 0 Å². The minimum absolute atomic E-state index is 0.0415. The summed E-state index contributed by atoms with van der Waals surface area (Å²) in [5, 5.41) is 9.46. The number of methoxy groups -OCH3 is 1. The summed E-state index contributed by atoms with van der Waals surface area (Å²) in [6.45, 7) is 6.28. The highest BCUT2D eigenvalue weighted by Crippen LogP contribution is 2.38. The molecule has 9 heteroatoms. The van der Waals surface area contributed by atoms with E-state index in [1.54, 1.807) is 13.2 Å². The molecular weight excluding hydrogens is 464 g/mol. The molecule has 1 amide bonds. The standard InChI is InChI=1S/C26H28N4O4S/c1-3-12-30-25(18-6-9-20(32-2)10-7-18)27-28-26(30)35-17-24(31)29-13-4-5-21(29)19-8-11-22-23(16-19)34-15-14-33-22/h3,6-11,16,21H,1,4-5,12-15,17H2,2H3. The third kappa shape index (κ3) is 4.86. The maximum atomic E-state index is 13.3. The highest BCUT2D eigenvalue weighted by Gasteiger charge is 2.31. The third-order valence-electron chi connectivity index (χ3n) is 6.23. The van der Waals surface area contributed by atoms with Gasteiger partial charge in [-0.15, -0.1) is 16.8 Å². The quantitative estimate of drug-likeness (QED) is 0.341. The van der Waals surface area contributed by atoms with Crippen LogP contribution in [0.15, 0.2) is 60.3 Å². The zero-order valence-electron chi connectivity index (χ0n) is 19.7. The fourth-order valence-electron chi connectivity index (χ4n) is 4.53. The van der Waals surface area contributed by atoms with E-state index in [9.17, 15) is 4.79 Å². The number of allylic oxidation sites excluding steroid dienone is 1. The molecule has 3 heterocycles. The first-order valence-electron chi connectivity index (χ1n) is 11.7. The molecule has 0 N–H and O–H groups in total. The summed E-state index contributed by atoms with van der Waals surface area (Å²) in [6.07, 6.45) is 3.72. The predicted molar refractivity (Wildman–Crippen MR) is 134 cm³/mol. The topological polar surface area (TPSA) is 78.7 Å². The zero-order chi connectivity index (χ0) is 24.2. The molecule has 3 aromatic rings. The van der Waals surface area contributed by atoms with Gasteiger partial charge in [-0.05, 0) is 54.8 Å². The summed E-state index contributed by atoms with van der Waals surface area (Å²) < 4.78 is 18.6. The lowest BCUT2D eigenvalue weighted by Gasteiger charge is -2.26. The molecule has 8 nitrogen and oxygen atoms in total. The van der Waals surface area contributed by atoms with Crippen LogP contribution in [0, 0.1) is 0 Å². The number of ether oxygens (including phenoxy) is 3. The molecule has 1 fully saturated rings. The number of nitrogens with zero attached hydrogens (tertiary/aromatic N) is 4. The van der Waals surface area contributed by atoms with Gasteiger partial charge in [0.2, 0.25) is 5.91 Å². The van der Waals surface area contributed by atoms with Crippen LogP contribution in [0.3, 0.4) is 0 Å². The number of benzene rings is 2. The maximum Gasteiger partial charge on any atom is 0.233 e. The molecule has 1 unspecified atom stereocenters. The van der Waals surface area contributed by atoms with Crippen molar-refractivity contribution in [1.29, 1.82) is 0 Å². The molecule has 2 aromatic carbocycles. The van der Waals surface area contributed by atoms with E-state index in [-0.39, 0.29) is 11.9 Å². The Hall–Kier alpha value is -3.46. The van der Waals surface area contributed by atoms with Gasteiger partial charge in [0.1, 0.15) is 19.0 Å². The Bertz CT molecular complexity index is 1210. The minimum atomic E-state index is 0.0415. The van der Waals surface area contributed by atoms with E-state index < -0.39 is 0 Å². The summed E-state index contributed by atoms with van der Waals surface area (Å²) in [7, 11) is 1.64. The lowest BCUT2D eigenvalue weighted by Crippen LogP contribution is -2.32. The Morgan fingerprint density at radius 2 is 1.97 bits per heavy atom. The summed E-state index contributed by atoms with van der Waals surface area (Å²) >= 11 is 1.41. The molecular formula is C26H28N4O4S. The fourth-order valence-corrected chi connectivity index (χ4v) is 5.36. The molecule has 5 rings (SSSR count). The van der Waals surface area contributed by atoms with Gasteiger partial charge in [-0.25, -0.2) is 0 Å². The number of fused-ring (bicyclic) bond motifs is 1. The molecule has 0 aliphatic carbocycles. The molecule has 0 spiro atoms. The molecule has 0 bridgehead atoms. The summed E-state index contributed by atoms with van der Waals surface area (Å²) in [4.78, 5) is 15.2. The zero-order valence-corrected chi connectivity index (χ0v) is 20.5. The summed E-state index contributed by atoms with van der Waals surface area (Å²) in [5.74, 6) is 3.41. The summed E-state index contributed by atoms with van der Waals surface area (Å²) in [5.41, 5.74) is 2.01. The van der Waals surface area contributed by atoms with Crippen molar-refractivity contribution in [2.45, 2.75) is 30.6 Å². The molecule has 1 atom stereocenters. The average Bonchev–Trinajstić information content (AvgIpc) is 3.55. The van der Waals surface area contributed by atoms with Crippen LogP contribution in [-0.2, 0) is 11.3 Å². The second kappa shape index (κ2) is 10.4. The predicted octanol–water partition coefficient (Wildman–Crippen LogP) is 4.37. The second-order valence-electron chi connectivity index (χ2n) is 8.37. The average molecular weight is 493 g/mol. The van der Waals surface area contributed by atoms with Crippen LogP contribution in [0.1, 0.15) is 24.4 Å². The van der Waals surface area contributed by atoms with E-state index in [0.717, 1.165) is 53.6 Å². The monoisotopic (exact) mass is 492 g/mol. The van der Waals surface area contributed by atoms with E-state index in [2.05, 4.69) is 16.8 Å². The highest BCUT2D eigenvalue weighted by molar-refractivity contribution is 7.99. The van der Waals surface area contributed by atoms with Crippen molar-refractivity contribution in [3.63, 3.8) is 0 Å². The molecule has 35 heavy (non-hydrogen) atoms. The smallest absolute Gasteiger partial charge is 0.233 e. The van der Waals surface area contributed by atoms with Crippen molar-refractivity contribution in [2.75, 3.05) is 32.6 Å². The normalized spacial score (nSPS) is 16.8. The van der Waals surface area contributed by atoms with Crippen LogP contribution in [0.5, 0.6) is 17.2 Å². The van der Waals surface area contributed by atoms with Crippen molar-refractivity contribution < 1.29 is 19.0 Å². The van der Waals surface area contributed by atoms with E-state index in [1.807, 2.05) is 51.9 Å². The molecule has 0 radical (unpaired) electrons. The van der Waals surface area contributed by atoms with E-state index in [0.29, 0.717) is 30.7 Å². The van der Waals surface area contributed by atoms with Gasteiger partial charge < -0.3 is 19.1 Å². The first-order valence-corrected chi connectivity index (χ1v) is 12.7. The first kappa shape index (κ1) is 23.3. The molecule has 2 aliphatic heterocycles. The molecule has 2 aliphatic rings. The van der Waals surface area contributed by atoms with Gasteiger partial charge in [0.25, 0.3) is 0 Å². The Morgan fingerprint density at radius 3 is 2.74 bits per heavy atom. The maximum absolute atomic E-state index is 13.3. The van der Waals surface area contributed by atoms with Crippen LogP contribution < -0.4 is 14.2 Å². The van der Waals surface area contributed by atoms with Crippen LogP contribution in [-0.4, -0.2) is 58.2 Å². The lowest BCUT2D eigenvalue weighted by atomic mass is 10.0. The molecule has 1 saturated heterocycles. The van der Waals surface area contributed by atoms with E-state index in [1.165, 1.54) is 11.8 Å². The number of hydrogen-bond acceptors (Lipinski definition) is 7. The third-order valence-corrected chi connectivity index (χ3v) is 7.18. The van der Waals surface area contributed by atoms with Gasteiger partial charge in [-0.3, -0.25) is 9.36 Å². The number of hydrogen-bond donors (Lipinski definition) is 0. The van der Waals surface area contributed by atoms with Gasteiger partial charge in [-0.1, -0.05) is 23.9 Å². The van der Waals surface area contributed by atoms with Crippen molar-refractivity contribution in [3.8, 4) is 28.6 Å². The number of thioether (sulfide) groups is 1. The van der Waals surface area contributed by atoms with Gasteiger partial charge >= 0.3 is 0 Å². The minimum Gasteiger partial charge on any atom is -0.497 e. The Labute approximate surface area is 208 Å². The molecule has 182 valence electrons. The van der Waals surface area contributed by atoms with Crippen LogP contribution in [0.4, 0.5) is 0 Å². The first-order chi connectivity index (χ1) is 17.2. The summed E-state index contributed by atoms with van der Waals surface area (Å²) in [6, 6.07) is 13.7. The largest absolute Gasteiger partial charge is 0.497 e. The van der Waals surface area contributed by atoms with Gasteiger partial charge in [0, 0.05) is 18.7 Å². The Balaban J connectivity index is 1.29. The number of carbonyl (C=O) groups excluding carboxylic acids is 1. The second-order valence-corrected chi connectivity index (χ2v) is 9.31. The van der Waals surface area contributed by atoms with Crippen molar-refractivity contribution in [1.82, 2.24) is 19.7 Å².